The Kier molecular flexibility index (Phi) is 5.16. The molecule has 3 heterocycles. The molecule has 0 aliphatic heterocycles. The van der Waals surface area contributed by atoms with Gasteiger partial charge in [-0.25, -0.2) is 18.7 Å². The van der Waals surface area contributed by atoms with Gasteiger partial charge in [-0.15, -0.1) is 0 Å². The lowest BCUT2D eigenvalue weighted by Gasteiger charge is -2.17. The first kappa shape index (κ1) is 20.3. The quantitative estimate of drug-likeness (QED) is 0.484. The third-order valence-electron chi connectivity index (χ3n) is 5.75. The predicted octanol–water partition coefficient (Wildman–Crippen LogP) is 4.46. The molecule has 1 aliphatic carbocycles. The number of nitrogens with zero attached hydrogens (tertiary/aromatic N) is 6. The van der Waals surface area contributed by atoms with Crippen LogP contribution in [0.4, 0.5) is 20.5 Å². The van der Waals surface area contributed by atoms with Crippen molar-refractivity contribution < 1.29 is 8.78 Å². The van der Waals surface area contributed by atoms with Gasteiger partial charge in [-0.2, -0.15) is 10.2 Å². The molecule has 32 heavy (non-hydrogen) atoms. The van der Waals surface area contributed by atoms with Crippen LogP contribution in [0.15, 0.2) is 42.7 Å². The Morgan fingerprint density at radius 2 is 2.03 bits per heavy atom. The molecule has 0 radical (unpaired) electrons. The number of nitrogens with one attached hydrogen (secondary N) is 1. The van der Waals surface area contributed by atoms with E-state index in [9.17, 15) is 8.78 Å². The molecule has 7 nitrogen and oxygen atoms in total. The van der Waals surface area contributed by atoms with Crippen LogP contribution in [0.2, 0.25) is 0 Å². The zero-order chi connectivity index (χ0) is 22.2. The number of benzene rings is 1. The molecule has 0 saturated carbocycles. The molecule has 1 aromatic carbocycles. The maximum Gasteiger partial charge on any atom is 0.263 e. The average Bonchev–Trinajstić information content (AvgIpc) is 3.38. The minimum atomic E-state index is -2.49. The van der Waals surface area contributed by atoms with Crippen molar-refractivity contribution in [2.75, 3.05) is 5.32 Å². The fraction of sp³-hybridized carbons (Fsp3) is 0.304. The first-order chi connectivity index (χ1) is 15.5. The van der Waals surface area contributed by atoms with Crippen molar-refractivity contribution in [2.45, 2.75) is 39.2 Å². The molecule has 9 heteroatoms. The molecule has 3 aromatic heterocycles. The maximum absolute atomic E-state index is 13.2. The predicted molar refractivity (Wildman–Crippen MR) is 117 cm³/mol. The fourth-order valence-corrected chi connectivity index (χ4v) is 4.14. The highest BCUT2D eigenvalue weighted by molar-refractivity contribution is 5.72. The van der Waals surface area contributed by atoms with E-state index in [1.165, 1.54) is 6.07 Å². The van der Waals surface area contributed by atoms with E-state index in [0.717, 1.165) is 53.2 Å². The van der Waals surface area contributed by atoms with Crippen molar-refractivity contribution in [1.82, 2.24) is 29.5 Å². The van der Waals surface area contributed by atoms with E-state index in [-0.39, 0.29) is 5.56 Å². The van der Waals surface area contributed by atoms with Crippen molar-refractivity contribution >= 4 is 11.8 Å². The Morgan fingerprint density at radius 3 is 2.81 bits per heavy atom. The minimum Gasteiger partial charge on any atom is -0.307 e. The Morgan fingerprint density at radius 1 is 1.16 bits per heavy atom. The zero-order valence-electron chi connectivity index (χ0n) is 17.9. The summed E-state index contributed by atoms with van der Waals surface area (Å²) in [6, 6.07) is 8.43. The highest BCUT2D eigenvalue weighted by Gasteiger charge is 2.26. The third kappa shape index (κ3) is 3.74. The van der Waals surface area contributed by atoms with Crippen molar-refractivity contribution in [3.8, 4) is 11.3 Å². The van der Waals surface area contributed by atoms with Crippen LogP contribution in [0.5, 0.6) is 0 Å². The molecule has 1 N–H and O–H groups in total. The van der Waals surface area contributed by atoms with E-state index in [1.807, 2.05) is 47.9 Å². The second kappa shape index (κ2) is 8.14. The lowest BCUT2D eigenvalue weighted by molar-refractivity contribution is 0.151. The van der Waals surface area contributed by atoms with Gasteiger partial charge in [0.05, 0.1) is 17.1 Å². The van der Waals surface area contributed by atoms with Gasteiger partial charge in [0.15, 0.2) is 5.82 Å². The maximum atomic E-state index is 13.2. The molecule has 0 atom stereocenters. The monoisotopic (exact) mass is 435 g/mol. The Bertz CT molecular complexity index is 1280. The number of hydrogen-bond donors (Lipinski definition) is 1. The molecule has 0 spiro atoms. The van der Waals surface area contributed by atoms with Gasteiger partial charge in [0.1, 0.15) is 0 Å². The van der Waals surface area contributed by atoms with Gasteiger partial charge >= 0.3 is 0 Å². The van der Waals surface area contributed by atoms with Gasteiger partial charge in [-0.3, -0.25) is 9.36 Å². The van der Waals surface area contributed by atoms with E-state index in [2.05, 4.69) is 15.4 Å². The molecule has 0 amide bonds. The average molecular weight is 435 g/mol. The number of anilines is 2. The van der Waals surface area contributed by atoms with E-state index >= 15 is 0 Å². The number of aromatic nitrogens is 6. The number of halogens is 2. The molecular weight excluding hydrogens is 412 g/mol. The number of hydrogen-bond acceptors (Lipinski definition) is 5. The molecule has 4 aromatic rings. The Labute approximate surface area is 184 Å². The van der Waals surface area contributed by atoms with Gasteiger partial charge in [0.25, 0.3) is 6.43 Å². The normalized spacial score (nSPS) is 12.7. The van der Waals surface area contributed by atoms with Crippen LogP contribution in [-0.2, 0) is 32.9 Å². The molecule has 0 unspecified atom stereocenters. The number of aryl methyl sites for hydroxylation is 4. The van der Waals surface area contributed by atoms with E-state index < -0.39 is 6.43 Å². The second-order valence-corrected chi connectivity index (χ2v) is 7.86. The summed E-state index contributed by atoms with van der Waals surface area (Å²) in [7, 11) is 1.89. The molecule has 5 rings (SSSR count). The van der Waals surface area contributed by atoms with Gasteiger partial charge in [-0.1, -0.05) is 18.2 Å². The Balaban J connectivity index is 1.51. The number of fused-ring (bicyclic) bond motifs is 3. The van der Waals surface area contributed by atoms with Crippen molar-refractivity contribution in [2.24, 2.45) is 7.05 Å². The summed E-state index contributed by atoms with van der Waals surface area (Å²) in [6.07, 6.45) is 3.35. The fourth-order valence-electron chi connectivity index (χ4n) is 4.14. The summed E-state index contributed by atoms with van der Waals surface area (Å²) in [5.74, 6) is 1.14. The van der Waals surface area contributed by atoms with Crippen molar-refractivity contribution in [3.05, 3.63) is 70.8 Å². The molecular formula is C23H23F2N7. The summed E-state index contributed by atoms with van der Waals surface area (Å²) in [5.41, 5.74) is 5.63. The summed E-state index contributed by atoms with van der Waals surface area (Å²) < 4.78 is 30.0. The van der Waals surface area contributed by atoms with E-state index in [1.54, 1.807) is 12.1 Å². The Hall–Kier alpha value is -3.62. The zero-order valence-corrected chi connectivity index (χ0v) is 17.9. The number of rotatable bonds is 6. The smallest absolute Gasteiger partial charge is 0.263 e. The summed E-state index contributed by atoms with van der Waals surface area (Å²) in [4.78, 5) is 9.27. The third-order valence-corrected chi connectivity index (χ3v) is 5.75. The van der Waals surface area contributed by atoms with Crippen molar-refractivity contribution in [1.29, 1.82) is 0 Å². The van der Waals surface area contributed by atoms with Crippen LogP contribution in [0, 0.1) is 0 Å². The lowest BCUT2D eigenvalue weighted by Crippen LogP contribution is -2.09. The topological polar surface area (TPSA) is 73.5 Å². The summed E-state index contributed by atoms with van der Waals surface area (Å²) in [6.45, 7) is 2.80. The summed E-state index contributed by atoms with van der Waals surface area (Å²) in [5, 5.41) is 12.3. The van der Waals surface area contributed by atoms with E-state index in [0.29, 0.717) is 18.2 Å². The largest absolute Gasteiger partial charge is 0.307 e. The van der Waals surface area contributed by atoms with E-state index in [4.69, 9.17) is 10.1 Å². The standard InChI is InChI=1S/C23H23F2N7/c1-3-32-10-9-19(30-32)27-23-26-13-16-7-8-17-20(21(16)28-23)18(31(2)29-17)12-14-5-4-6-15(11-14)22(24)25/h4-6,9-11,13,22H,3,7-8,12H2,1-2H3,(H,26,27,28,30). The summed E-state index contributed by atoms with van der Waals surface area (Å²) >= 11 is 0. The van der Waals surface area contributed by atoms with Crippen LogP contribution >= 0.6 is 0 Å². The van der Waals surface area contributed by atoms with Crippen LogP contribution < -0.4 is 5.32 Å². The molecule has 0 saturated heterocycles. The van der Waals surface area contributed by atoms with Crippen LogP contribution in [0.1, 0.15) is 41.4 Å². The van der Waals surface area contributed by atoms with Crippen LogP contribution in [-0.4, -0.2) is 29.5 Å². The van der Waals surface area contributed by atoms with Crippen molar-refractivity contribution in [3.63, 3.8) is 0 Å². The lowest BCUT2D eigenvalue weighted by atomic mass is 9.91. The molecule has 0 bridgehead atoms. The SMILES string of the molecule is CCn1ccc(Nc2ncc3c(n2)-c2c(nn(C)c2Cc2cccc(C(F)F)c2)CC3)n1. The molecule has 1 aliphatic rings. The second-order valence-electron chi connectivity index (χ2n) is 7.86. The van der Waals surface area contributed by atoms with Crippen LogP contribution in [0.3, 0.4) is 0 Å². The highest BCUT2D eigenvalue weighted by Crippen LogP contribution is 2.36. The van der Waals surface area contributed by atoms with Gasteiger partial charge in [0.2, 0.25) is 5.95 Å². The molecule has 0 fully saturated rings. The van der Waals surface area contributed by atoms with Gasteiger partial charge < -0.3 is 5.32 Å². The van der Waals surface area contributed by atoms with Gasteiger partial charge in [0, 0.05) is 49.6 Å². The first-order valence-corrected chi connectivity index (χ1v) is 10.6. The minimum absolute atomic E-state index is 0.0271. The molecule has 164 valence electrons. The number of alkyl halides is 2. The van der Waals surface area contributed by atoms with Gasteiger partial charge in [-0.05, 0) is 37.0 Å². The first-order valence-electron chi connectivity index (χ1n) is 10.6. The highest BCUT2D eigenvalue weighted by atomic mass is 19.3. The van der Waals surface area contributed by atoms with Crippen LogP contribution in [0.25, 0.3) is 11.3 Å².